The molecule has 4 heteroatoms. The molecule has 12 heavy (non-hydrogen) atoms. The van der Waals surface area contributed by atoms with Gasteiger partial charge in [-0.1, -0.05) is 6.92 Å². The minimum atomic E-state index is -0.221. The summed E-state index contributed by atoms with van der Waals surface area (Å²) in [7, 11) is 1.66. The molecule has 0 heterocycles. The van der Waals surface area contributed by atoms with E-state index in [9.17, 15) is 0 Å². The van der Waals surface area contributed by atoms with Gasteiger partial charge < -0.3 is 15.2 Å². The second-order valence-corrected chi connectivity index (χ2v) is 2.57. The average Bonchev–Trinajstić information content (AvgIpc) is 2.04. The molecule has 0 aromatic rings. The first-order valence-electron chi connectivity index (χ1n) is 4.16. The van der Waals surface area contributed by atoms with Gasteiger partial charge in [-0.05, 0) is 12.8 Å². The first kappa shape index (κ1) is 11.4. The van der Waals surface area contributed by atoms with Gasteiger partial charge in [0.15, 0.2) is 0 Å². The number of ether oxygens (including phenoxy) is 2. The topological polar surface area (TPSA) is 68.3 Å². The van der Waals surface area contributed by atoms with Crippen molar-refractivity contribution in [2.24, 2.45) is 5.73 Å². The smallest absolute Gasteiger partial charge is 0.120 e. The third-order valence-electron chi connectivity index (χ3n) is 1.53. The van der Waals surface area contributed by atoms with E-state index in [1.165, 1.54) is 0 Å². The Morgan fingerprint density at radius 1 is 1.50 bits per heavy atom. The number of rotatable bonds is 7. The van der Waals surface area contributed by atoms with Crippen LogP contribution in [0.1, 0.15) is 19.8 Å². The second kappa shape index (κ2) is 7.06. The van der Waals surface area contributed by atoms with E-state index < -0.39 is 0 Å². The van der Waals surface area contributed by atoms with Gasteiger partial charge in [-0.15, -0.1) is 0 Å². The molecule has 0 aliphatic heterocycles. The van der Waals surface area contributed by atoms with Crippen LogP contribution in [0.25, 0.3) is 0 Å². The number of hydrogen-bond donors (Lipinski definition) is 2. The van der Waals surface area contributed by atoms with Crippen molar-refractivity contribution < 1.29 is 9.47 Å². The van der Waals surface area contributed by atoms with Crippen LogP contribution in [0, 0.1) is 5.41 Å². The third-order valence-corrected chi connectivity index (χ3v) is 1.53. The van der Waals surface area contributed by atoms with Gasteiger partial charge in [0, 0.05) is 20.3 Å². The fourth-order valence-electron chi connectivity index (χ4n) is 0.856. The largest absolute Gasteiger partial charge is 0.385 e. The Morgan fingerprint density at radius 2 is 2.17 bits per heavy atom. The lowest BCUT2D eigenvalue weighted by Gasteiger charge is -2.13. The first-order chi connectivity index (χ1) is 5.72. The quantitative estimate of drug-likeness (QED) is 0.340. The zero-order valence-electron chi connectivity index (χ0n) is 7.80. The van der Waals surface area contributed by atoms with Crippen LogP contribution in [0.5, 0.6) is 0 Å². The van der Waals surface area contributed by atoms with Crippen molar-refractivity contribution in [3.05, 3.63) is 0 Å². The van der Waals surface area contributed by atoms with Crippen molar-refractivity contribution in [1.29, 1.82) is 5.41 Å². The SMILES string of the molecule is CCC(OCCCOC)C(=N)N. The maximum Gasteiger partial charge on any atom is 0.120 e. The third kappa shape index (κ3) is 5.09. The van der Waals surface area contributed by atoms with Gasteiger partial charge in [0.05, 0.1) is 0 Å². The van der Waals surface area contributed by atoms with E-state index in [4.69, 9.17) is 20.6 Å². The van der Waals surface area contributed by atoms with Gasteiger partial charge in [-0.25, -0.2) is 0 Å². The van der Waals surface area contributed by atoms with Crippen LogP contribution in [-0.4, -0.2) is 32.3 Å². The molecular weight excluding hydrogens is 156 g/mol. The highest BCUT2D eigenvalue weighted by molar-refractivity contribution is 5.81. The maximum absolute atomic E-state index is 7.15. The molecule has 0 aromatic carbocycles. The molecule has 0 saturated heterocycles. The van der Waals surface area contributed by atoms with E-state index in [1.54, 1.807) is 7.11 Å². The minimum absolute atomic E-state index is 0.106. The van der Waals surface area contributed by atoms with Crippen LogP contribution >= 0.6 is 0 Å². The molecule has 1 unspecified atom stereocenters. The number of nitrogens with two attached hydrogens (primary N) is 1. The highest BCUT2D eigenvalue weighted by atomic mass is 16.5. The predicted molar refractivity (Wildman–Crippen MR) is 48.4 cm³/mol. The first-order valence-corrected chi connectivity index (χ1v) is 4.16. The molecule has 0 rings (SSSR count). The zero-order chi connectivity index (χ0) is 9.40. The molecule has 0 saturated carbocycles. The van der Waals surface area contributed by atoms with Gasteiger partial charge >= 0.3 is 0 Å². The molecule has 0 aromatic heterocycles. The van der Waals surface area contributed by atoms with Gasteiger partial charge in [0.1, 0.15) is 11.9 Å². The Labute approximate surface area is 73.5 Å². The van der Waals surface area contributed by atoms with Crippen molar-refractivity contribution >= 4 is 5.84 Å². The number of amidine groups is 1. The highest BCUT2D eigenvalue weighted by Gasteiger charge is 2.08. The monoisotopic (exact) mass is 174 g/mol. The summed E-state index contributed by atoms with van der Waals surface area (Å²) >= 11 is 0. The van der Waals surface area contributed by atoms with Crippen LogP contribution in [0.3, 0.4) is 0 Å². The van der Waals surface area contributed by atoms with E-state index in [0.717, 1.165) is 12.8 Å². The number of hydrogen-bond acceptors (Lipinski definition) is 3. The number of nitrogens with one attached hydrogen (secondary N) is 1. The van der Waals surface area contributed by atoms with Crippen LogP contribution in [0.4, 0.5) is 0 Å². The van der Waals surface area contributed by atoms with Crippen molar-refractivity contribution in [2.45, 2.75) is 25.9 Å². The average molecular weight is 174 g/mol. The summed E-state index contributed by atoms with van der Waals surface area (Å²) in [5.41, 5.74) is 5.29. The van der Waals surface area contributed by atoms with Crippen molar-refractivity contribution in [2.75, 3.05) is 20.3 Å². The van der Waals surface area contributed by atoms with E-state index in [-0.39, 0.29) is 11.9 Å². The molecule has 0 bridgehead atoms. The summed E-state index contributed by atoms with van der Waals surface area (Å²) in [4.78, 5) is 0. The van der Waals surface area contributed by atoms with Crippen molar-refractivity contribution in [1.82, 2.24) is 0 Å². The molecule has 0 fully saturated rings. The summed E-state index contributed by atoms with van der Waals surface area (Å²) in [5, 5.41) is 7.15. The molecule has 0 aliphatic carbocycles. The molecule has 0 amide bonds. The maximum atomic E-state index is 7.15. The Kier molecular flexibility index (Phi) is 6.70. The van der Waals surface area contributed by atoms with Crippen LogP contribution < -0.4 is 5.73 Å². The summed E-state index contributed by atoms with van der Waals surface area (Å²) in [6.07, 6.45) is 1.38. The molecular formula is C8H18N2O2. The molecule has 0 spiro atoms. The fraction of sp³-hybridized carbons (Fsp3) is 0.875. The lowest BCUT2D eigenvalue weighted by molar-refractivity contribution is 0.0732. The Balaban J connectivity index is 3.38. The summed E-state index contributed by atoms with van der Waals surface area (Å²) < 4.78 is 10.2. The Morgan fingerprint density at radius 3 is 2.58 bits per heavy atom. The summed E-state index contributed by atoms with van der Waals surface area (Å²) in [5.74, 6) is 0.106. The fourth-order valence-corrected chi connectivity index (χ4v) is 0.856. The second-order valence-electron chi connectivity index (χ2n) is 2.57. The van der Waals surface area contributed by atoms with Gasteiger partial charge in [-0.2, -0.15) is 0 Å². The predicted octanol–water partition coefficient (Wildman–Crippen LogP) is 0.754. The molecule has 1 atom stereocenters. The molecule has 3 N–H and O–H groups in total. The lowest BCUT2D eigenvalue weighted by Crippen LogP contribution is -2.30. The number of methoxy groups -OCH3 is 1. The van der Waals surface area contributed by atoms with E-state index in [1.807, 2.05) is 6.92 Å². The standard InChI is InChI=1S/C8H18N2O2/c1-3-7(8(9)10)12-6-4-5-11-2/h7H,3-6H2,1-2H3,(H3,9,10). The molecule has 72 valence electrons. The summed E-state index contributed by atoms with van der Waals surface area (Å²) in [6, 6.07) is 0. The van der Waals surface area contributed by atoms with Crippen molar-refractivity contribution in [3.8, 4) is 0 Å². The molecule has 0 radical (unpaired) electrons. The molecule has 4 nitrogen and oxygen atoms in total. The van der Waals surface area contributed by atoms with Crippen molar-refractivity contribution in [3.63, 3.8) is 0 Å². The van der Waals surface area contributed by atoms with Gasteiger partial charge in [0.2, 0.25) is 0 Å². The van der Waals surface area contributed by atoms with Crippen LogP contribution in [0.2, 0.25) is 0 Å². The lowest BCUT2D eigenvalue weighted by atomic mass is 10.2. The highest BCUT2D eigenvalue weighted by Crippen LogP contribution is 1.97. The van der Waals surface area contributed by atoms with E-state index >= 15 is 0 Å². The zero-order valence-corrected chi connectivity index (χ0v) is 7.80. The van der Waals surface area contributed by atoms with Crippen LogP contribution in [0.15, 0.2) is 0 Å². The van der Waals surface area contributed by atoms with Gasteiger partial charge in [-0.3, -0.25) is 5.41 Å². The van der Waals surface area contributed by atoms with Gasteiger partial charge in [0.25, 0.3) is 0 Å². The Bertz CT molecular complexity index is 128. The Hall–Kier alpha value is -0.610. The van der Waals surface area contributed by atoms with E-state index in [0.29, 0.717) is 13.2 Å². The molecule has 0 aliphatic rings. The minimum Gasteiger partial charge on any atom is -0.385 e. The van der Waals surface area contributed by atoms with Crippen LogP contribution in [-0.2, 0) is 9.47 Å². The summed E-state index contributed by atoms with van der Waals surface area (Å²) in [6.45, 7) is 3.24. The normalized spacial score (nSPS) is 12.8. The van der Waals surface area contributed by atoms with E-state index in [2.05, 4.69) is 0 Å².